The van der Waals surface area contributed by atoms with Gasteiger partial charge in [-0.15, -0.1) is 0 Å². The van der Waals surface area contributed by atoms with Crippen LogP contribution in [0.2, 0.25) is 0 Å². The first-order valence-electron chi connectivity index (χ1n) is 6.45. The van der Waals surface area contributed by atoms with Gasteiger partial charge in [0.2, 0.25) is 0 Å². The number of ether oxygens (including phenoxy) is 1. The molecule has 1 aliphatic heterocycles. The monoisotopic (exact) mass is 241 g/mol. The Balaban J connectivity index is 2.21. The Morgan fingerprint density at radius 2 is 2.06 bits per heavy atom. The molecule has 0 bridgehead atoms. The lowest BCUT2D eigenvalue weighted by Crippen LogP contribution is -2.46. The van der Waals surface area contributed by atoms with Crippen molar-refractivity contribution in [3.63, 3.8) is 0 Å². The van der Waals surface area contributed by atoms with E-state index in [-0.39, 0.29) is 11.9 Å². The number of rotatable bonds is 2. The predicted octanol–water partition coefficient (Wildman–Crippen LogP) is 1.03. The zero-order valence-electron chi connectivity index (χ0n) is 11.0. The number of methoxy groups -OCH3 is 1. The van der Waals surface area contributed by atoms with E-state index in [0.29, 0.717) is 12.8 Å². The Morgan fingerprint density at radius 1 is 1.41 bits per heavy atom. The molecule has 1 aliphatic carbocycles. The Labute approximate surface area is 103 Å². The Kier molecular flexibility index (Phi) is 3.21. The summed E-state index contributed by atoms with van der Waals surface area (Å²) in [4.78, 5) is 14.2. The molecular formula is C13H23NO3. The van der Waals surface area contributed by atoms with E-state index in [4.69, 9.17) is 4.74 Å². The normalized spacial score (nSPS) is 42.9. The molecule has 3 unspecified atom stereocenters. The molecule has 0 amide bonds. The summed E-state index contributed by atoms with van der Waals surface area (Å²) in [5, 5.41) is 10.9. The maximum Gasteiger partial charge on any atom is 0.315 e. The lowest BCUT2D eigenvalue weighted by Gasteiger charge is -2.35. The van der Waals surface area contributed by atoms with Crippen LogP contribution < -0.4 is 0 Å². The molecule has 1 saturated carbocycles. The highest BCUT2D eigenvalue weighted by atomic mass is 16.5. The highest BCUT2D eigenvalue weighted by Crippen LogP contribution is 2.62. The summed E-state index contributed by atoms with van der Waals surface area (Å²) in [5.74, 6) is 0.0143. The average Bonchev–Trinajstić information content (AvgIpc) is 3.01. The van der Waals surface area contributed by atoms with Gasteiger partial charge in [0.1, 0.15) is 0 Å². The van der Waals surface area contributed by atoms with Gasteiger partial charge in [0.05, 0.1) is 18.1 Å². The molecule has 0 aromatic carbocycles. The van der Waals surface area contributed by atoms with Gasteiger partial charge in [-0.3, -0.25) is 4.79 Å². The molecular weight excluding hydrogens is 218 g/mol. The molecule has 0 radical (unpaired) electrons. The number of carbonyl (C=O) groups is 1. The summed E-state index contributed by atoms with van der Waals surface area (Å²) >= 11 is 0. The van der Waals surface area contributed by atoms with E-state index < -0.39 is 11.0 Å². The van der Waals surface area contributed by atoms with Crippen molar-refractivity contribution in [2.75, 3.05) is 27.2 Å². The lowest BCUT2D eigenvalue weighted by molar-refractivity contribution is -0.162. The van der Waals surface area contributed by atoms with Crippen molar-refractivity contribution in [2.24, 2.45) is 11.3 Å². The molecule has 98 valence electrons. The first-order chi connectivity index (χ1) is 7.96. The number of carbonyl (C=O) groups excluding carboxylic acids is 1. The fourth-order valence-corrected chi connectivity index (χ4v) is 3.43. The van der Waals surface area contributed by atoms with Crippen LogP contribution in [0.5, 0.6) is 0 Å². The van der Waals surface area contributed by atoms with E-state index in [1.165, 1.54) is 7.11 Å². The molecule has 1 saturated heterocycles. The van der Waals surface area contributed by atoms with E-state index in [1.54, 1.807) is 0 Å². The van der Waals surface area contributed by atoms with Gasteiger partial charge in [0, 0.05) is 6.54 Å². The van der Waals surface area contributed by atoms with Crippen LogP contribution in [0.1, 0.15) is 32.6 Å². The minimum Gasteiger partial charge on any atom is -0.468 e. The van der Waals surface area contributed by atoms with Crippen molar-refractivity contribution in [3.8, 4) is 0 Å². The highest BCUT2D eigenvalue weighted by molar-refractivity contribution is 5.82. The second kappa shape index (κ2) is 4.25. The molecule has 0 spiro atoms. The van der Waals surface area contributed by atoms with Crippen LogP contribution in [0.15, 0.2) is 0 Å². The van der Waals surface area contributed by atoms with E-state index in [9.17, 15) is 9.90 Å². The zero-order chi connectivity index (χ0) is 12.7. The van der Waals surface area contributed by atoms with Crippen molar-refractivity contribution >= 4 is 5.97 Å². The summed E-state index contributed by atoms with van der Waals surface area (Å²) in [6, 6.07) is 0. The number of hydrogen-bond donors (Lipinski definition) is 1. The van der Waals surface area contributed by atoms with Gasteiger partial charge in [0.25, 0.3) is 0 Å². The molecule has 17 heavy (non-hydrogen) atoms. The van der Waals surface area contributed by atoms with Gasteiger partial charge in [0.15, 0.2) is 0 Å². The number of aliphatic hydroxyl groups is 1. The molecule has 1 N–H and O–H groups in total. The van der Waals surface area contributed by atoms with Crippen molar-refractivity contribution in [3.05, 3.63) is 0 Å². The van der Waals surface area contributed by atoms with Gasteiger partial charge in [-0.05, 0) is 45.2 Å². The lowest BCUT2D eigenvalue weighted by atomic mass is 9.77. The topological polar surface area (TPSA) is 49.8 Å². The fraction of sp³-hybridized carbons (Fsp3) is 0.923. The number of likely N-dealkylation sites (tertiary alicyclic amines) is 1. The van der Waals surface area contributed by atoms with Crippen LogP contribution in [0.4, 0.5) is 0 Å². The summed E-state index contributed by atoms with van der Waals surface area (Å²) in [6.45, 7) is 3.87. The van der Waals surface area contributed by atoms with Crippen LogP contribution >= 0.6 is 0 Å². The maximum absolute atomic E-state index is 12.0. The third kappa shape index (κ3) is 1.87. The molecule has 0 aromatic rings. The van der Waals surface area contributed by atoms with Crippen LogP contribution in [0, 0.1) is 11.3 Å². The van der Waals surface area contributed by atoms with Crippen molar-refractivity contribution in [1.82, 2.24) is 4.90 Å². The summed E-state index contributed by atoms with van der Waals surface area (Å²) < 4.78 is 4.92. The zero-order valence-corrected chi connectivity index (χ0v) is 11.0. The Morgan fingerprint density at radius 3 is 2.59 bits per heavy atom. The number of nitrogens with zero attached hydrogens (tertiary/aromatic N) is 1. The first-order valence-corrected chi connectivity index (χ1v) is 6.45. The second-order valence-electron chi connectivity index (χ2n) is 5.76. The van der Waals surface area contributed by atoms with Gasteiger partial charge in [-0.2, -0.15) is 0 Å². The van der Waals surface area contributed by atoms with E-state index in [1.807, 2.05) is 6.92 Å². The van der Waals surface area contributed by atoms with E-state index >= 15 is 0 Å². The third-order valence-corrected chi connectivity index (χ3v) is 4.73. The number of hydrogen-bond acceptors (Lipinski definition) is 4. The van der Waals surface area contributed by atoms with Crippen LogP contribution in [0.3, 0.4) is 0 Å². The Bertz CT molecular complexity index is 320. The maximum atomic E-state index is 12.0. The molecule has 2 rings (SSSR count). The minimum atomic E-state index is -0.871. The highest BCUT2D eigenvalue weighted by Gasteiger charge is 2.69. The van der Waals surface area contributed by atoms with E-state index in [0.717, 1.165) is 25.9 Å². The smallest absolute Gasteiger partial charge is 0.315 e. The molecule has 4 nitrogen and oxygen atoms in total. The van der Waals surface area contributed by atoms with Gasteiger partial charge in [-0.1, -0.05) is 6.92 Å². The molecule has 4 heteroatoms. The van der Waals surface area contributed by atoms with Crippen molar-refractivity contribution in [1.29, 1.82) is 0 Å². The average molecular weight is 241 g/mol. The molecule has 2 fully saturated rings. The van der Waals surface area contributed by atoms with Crippen LogP contribution in [-0.4, -0.2) is 48.8 Å². The van der Waals surface area contributed by atoms with Crippen molar-refractivity contribution in [2.45, 2.75) is 38.2 Å². The van der Waals surface area contributed by atoms with Crippen molar-refractivity contribution < 1.29 is 14.6 Å². The summed E-state index contributed by atoms with van der Waals surface area (Å²) in [7, 11) is 3.48. The minimum absolute atomic E-state index is 0.225. The van der Waals surface area contributed by atoms with Gasteiger partial charge >= 0.3 is 5.97 Å². The summed E-state index contributed by atoms with van der Waals surface area (Å²) in [5.41, 5.74) is -1.50. The van der Waals surface area contributed by atoms with Crippen LogP contribution in [-0.2, 0) is 9.53 Å². The molecule has 1 heterocycles. The summed E-state index contributed by atoms with van der Waals surface area (Å²) in [6.07, 6.45) is 3.08. The SMILES string of the molecule is COC(=O)C1(C2(O)CCCN(C)CC2)CC1C. The van der Waals surface area contributed by atoms with Crippen LogP contribution in [0.25, 0.3) is 0 Å². The molecule has 2 aliphatic rings. The molecule has 0 aromatic heterocycles. The molecule has 3 atom stereocenters. The first kappa shape index (κ1) is 12.8. The Hall–Kier alpha value is -0.610. The third-order valence-electron chi connectivity index (χ3n) is 4.73. The largest absolute Gasteiger partial charge is 0.468 e. The number of esters is 1. The second-order valence-corrected chi connectivity index (χ2v) is 5.76. The van der Waals surface area contributed by atoms with E-state index in [2.05, 4.69) is 11.9 Å². The predicted molar refractivity (Wildman–Crippen MR) is 64.5 cm³/mol. The van der Waals surface area contributed by atoms with Gasteiger partial charge in [-0.25, -0.2) is 0 Å². The quantitative estimate of drug-likeness (QED) is 0.734. The fourth-order valence-electron chi connectivity index (χ4n) is 3.43. The standard InChI is InChI=1S/C13H23NO3/c1-10-9-13(10,11(15)17-3)12(16)5-4-7-14(2)8-6-12/h10,16H,4-9H2,1-3H3. The van der Waals surface area contributed by atoms with Gasteiger partial charge < -0.3 is 14.7 Å².